The van der Waals surface area contributed by atoms with E-state index < -0.39 is 5.60 Å². The highest BCUT2D eigenvalue weighted by Gasteiger charge is 2.44. The van der Waals surface area contributed by atoms with Crippen molar-refractivity contribution in [3.05, 3.63) is 35.1 Å². The van der Waals surface area contributed by atoms with E-state index in [0.29, 0.717) is 18.4 Å². The van der Waals surface area contributed by atoms with Crippen LogP contribution in [0.15, 0.2) is 18.2 Å². The molecule has 2 rings (SSSR count). The summed E-state index contributed by atoms with van der Waals surface area (Å²) in [6.45, 7) is 1.70. The van der Waals surface area contributed by atoms with E-state index in [0.717, 1.165) is 5.56 Å². The first-order valence-electron chi connectivity index (χ1n) is 5.07. The van der Waals surface area contributed by atoms with Gasteiger partial charge in [0.25, 0.3) is 0 Å². The number of halogens is 1. The Labute approximate surface area is 88.7 Å². The van der Waals surface area contributed by atoms with E-state index in [9.17, 15) is 9.50 Å². The lowest BCUT2D eigenvalue weighted by molar-refractivity contribution is -0.133. The molecule has 1 fully saturated rings. The third-order valence-corrected chi connectivity index (χ3v) is 3.16. The Bertz CT molecular complexity index is 370. The molecule has 1 aromatic rings. The molecule has 0 aliphatic heterocycles. The second-order valence-electron chi connectivity index (χ2n) is 4.26. The van der Waals surface area contributed by atoms with Crippen molar-refractivity contribution in [1.82, 2.24) is 0 Å². The van der Waals surface area contributed by atoms with E-state index in [-0.39, 0.29) is 11.9 Å². The minimum atomic E-state index is -0.820. The van der Waals surface area contributed by atoms with Gasteiger partial charge in [-0.2, -0.15) is 0 Å². The minimum absolute atomic E-state index is 0.125. The summed E-state index contributed by atoms with van der Waals surface area (Å²) in [4.78, 5) is 0. The topological polar surface area (TPSA) is 29.5 Å². The van der Waals surface area contributed by atoms with Crippen molar-refractivity contribution in [2.75, 3.05) is 7.11 Å². The zero-order valence-corrected chi connectivity index (χ0v) is 8.96. The van der Waals surface area contributed by atoms with Gasteiger partial charge in [-0.15, -0.1) is 0 Å². The van der Waals surface area contributed by atoms with Gasteiger partial charge in [0.1, 0.15) is 5.82 Å². The van der Waals surface area contributed by atoms with Crippen LogP contribution in [0.2, 0.25) is 0 Å². The van der Waals surface area contributed by atoms with E-state index in [1.807, 2.05) is 0 Å². The molecule has 15 heavy (non-hydrogen) atoms. The quantitative estimate of drug-likeness (QED) is 0.810. The van der Waals surface area contributed by atoms with E-state index in [4.69, 9.17) is 4.74 Å². The molecule has 3 heteroatoms. The average Bonchev–Trinajstić information content (AvgIpc) is 2.17. The molecule has 0 heterocycles. The summed E-state index contributed by atoms with van der Waals surface area (Å²) in [6, 6.07) is 4.76. The summed E-state index contributed by atoms with van der Waals surface area (Å²) in [6.07, 6.45) is 1.31. The molecule has 82 valence electrons. The maximum atomic E-state index is 13.0. The fourth-order valence-corrected chi connectivity index (χ4v) is 2.03. The first kappa shape index (κ1) is 10.6. The molecule has 1 aromatic carbocycles. The van der Waals surface area contributed by atoms with Crippen molar-refractivity contribution < 1.29 is 14.2 Å². The molecule has 1 saturated carbocycles. The fourth-order valence-electron chi connectivity index (χ4n) is 2.03. The Kier molecular flexibility index (Phi) is 2.52. The summed E-state index contributed by atoms with van der Waals surface area (Å²) >= 11 is 0. The molecule has 2 nitrogen and oxygen atoms in total. The summed E-state index contributed by atoms with van der Waals surface area (Å²) in [5.41, 5.74) is 0.538. The standard InChI is InChI=1S/C12H15FO2/c1-8-5-9(3-4-11(8)13)12(14)6-10(7-12)15-2/h3-5,10,14H,6-7H2,1-2H3. The molecule has 0 radical (unpaired) electrons. The smallest absolute Gasteiger partial charge is 0.126 e. The number of hydrogen-bond acceptors (Lipinski definition) is 2. The zero-order chi connectivity index (χ0) is 11.1. The van der Waals surface area contributed by atoms with Crippen LogP contribution in [0.4, 0.5) is 4.39 Å². The second-order valence-corrected chi connectivity index (χ2v) is 4.26. The molecule has 0 aromatic heterocycles. The molecule has 0 atom stereocenters. The summed E-state index contributed by atoms with van der Waals surface area (Å²) in [7, 11) is 1.64. The summed E-state index contributed by atoms with van der Waals surface area (Å²) in [5, 5.41) is 10.2. The van der Waals surface area contributed by atoms with Crippen LogP contribution in [0.1, 0.15) is 24.0 Å². The first-order chi connectivity index (χ1) is 7.05. The molecule has 0 saturated heterocycles. The van der Waals surface area contributed by atoms with Crippen LogP contribution in [-0.2, 0) is 10.3 Å². The number of hydrogen-bond donors (Lipinski definition) is 1. The third-order valence-electron chi connectivity index (χ3n) is 3.16. The SMILES string of the molecule is COC1CC(O)(c2ccc(F)c(C)c2)C1. The van der Waals surface area contributed by atoms with Gasteiger partial charge < -0.3 is 9.84 Å². The van der Waals surface area contributed by atoms with Crippen LogP contribution in [0.5, 0.6) is 0 Å². The van der Waals surface area contributed by atoms with Crippen LogP contribution in [0.25, 0.3) is 0 Å². The molecule has 1 aliphatic carbocycles. The van der Waals surface area contributed by atoms with Crippen molar-refractivity contribution in [1.29, 1.82) is 0 Å². The zero-order valence-electron chi connectivity index (χ0n) is 8.96. The number of aliphatic hydroxyl groups is 1. The molecule has 1 aliphatic rings. The highest BCUT2D eigenvalue weighted by molar-refractivity contribution is 5.30. The predicted molar refractivity (Wildman–Crippen MR) is 55.1 cm³/mol. The van der Waals surface area contributed by atoms with E-state index in [1.54, 1.807) is 26.2 Å². The lowest BCUT2D eigenvalue weighted by Crippen LogP contribution is -2.45. The van der Waals surface area contributed by atoms with Gasteiger partial charge in [-0.25, -0.2) is 4.39 Å². The molecule has 0 bridgehead atoms. The van der Waals surface area contributed by atoms with E-state index >= 15 is 0 Å². The molecule has 0 spiro atoms. The highest BCUT2D eigenvalue weighted by Crippen LogP contribution is 2.42. The number of methoxy groups -OCH3 is 1. The van der Waals surface area contributed by atoms with Gasteiger partial charge in [0.05, 0.1) is 11.7 Å². The lowest BCUT2D eigenvalue weighted by Gasteiger charge is -2.43. The minimum Gasteiger partial charge on any atom is -0.385 e. The Balaban J connectivity index is 2.20. The van der Waals surface area contributed by atoms with Gasteiger partial charge in [0, 0.05) is 20.0 Å². The van der Waals surface area contributed by atoms with Crippen LogP contribution in [-0.4, -0.2) is 18.3 Å². The van der Waals surface area contributed by atoms with Crippen molar-refractivity contribution >= 4 is 0 Å². The average molecular weight is 210 g/mol. The number of aryl methyl sites for hydroxylation is 1. The number of rotatable bonds is 2. The van der Waals surface area contributed by atoms with E-state index in [1.165, 1.54) is 6.07 Å². The van der Waals surface area contributed by atoms with Crippen molar-refractivity contribution in [2.45, 2.75) is 31.5 Å². The highest BCUT2D eigenvalue weighted by atomic mass is 19.1. The van der Waals surface area contributed by atoms with Crippen LogP contribution in [0, 0.1) is 12.7 Å². The van der Waals surface area contributed by atoms with Gasteiger partial charge >= 0.3 is 0 Å². The van der Waals surface area contributed by atoms with Crippen molar-refractivity contribution in [3.63, 3.8) is 0 Å². The van der Waals surface area contributed by atoms with Crippen molar-refractivity contribution in [2.24, 2.45) is 0 Å². The van der Waals surface area contributed by atoms with Crippen LogP contribution >= 0.6 is 0 Å². The van der Waals surface area contributed by atoms with Gasteiger partial charge in [-0.3, -0.25) is 0 Å². The molecular weight excluding hydrogens is 195 g/mol. The van der Waals surface area contributed by atoms with Crippen molar-refractivity contribution in [3.8, 4) is 0 Å². The largest absolute Gasteiger partial charge is 0.385 e. The summed E-state index contributed by atoms with van der Waals surface area (Å²) in [5.74, 6) is -0.232. The Morgan fingerprint density at radius 3 is 2.67 bits per heavy atom. The van der Waals surface area contributed by atoms with Gasteiger partial charge in [0.2, 0.25) is 0 Å². The predicted octanol–water partition coefficient (Wildman–Crippen LogP) is 2.13. The normalized spacial score (nSPS) is 30.0. The molecule has 0 amide bonds. The monoisotopic (exact) mass is 210 g/mol. The first-order valence-corrected chi connectivity index (χ1v) is 5.07. The van der Waals surface area contributed by atoms with Crippen LogP contribution < -0.4 is 0 Å². The third kappa shape index (κ3) is 1.77. The fraction of sp³-hybridized carbons (Fsp3) is 0.500. The lowest BCUT2D eigenvalue weighted by atomic mass is 9.72. The summed E-state index contributed by atoms with van der Waals surface area (Å²) < 4.78 is 18.2. The number of ether oxygens (including phenoxy) is 1. The van der Waals surface area contributed by atoms with E-state index in [2.05, 4.69) is 0 Å². The Hall–Kier alpha value is -0.930. The van der Waals surface area contributed by atoms with Gasteiger partial charge in [-0.05, 0) is 24.1 Å². The number of benzene rings is 1. The molecule has 0 unspecified atom stereocenters. The maximum Gasteiger partial charge on any atom is 0.126 e. The van der Waals surface area contributed by atoms with Gasteiger partial charge in [-0.1, -0.05) is 12.1 Å². The second kappa shape index (κ2) is 3.58. The Morgan fingerprint density at radius 2 is 2.13 bits per heavy atom. The molecule has 1 N–H and O–H groups in total. The van der Waals surface area contributed by atoms with Gasteiger partial charge in [0.15, 0.2) is 0 Å². The Morgan fingerprint density at radius 1 is 1.47 bits per heavy atom. The maximum absolute atomic E-state index is 13.0. The van der Waals surface area contributed by atoms with Crippen LogP contribution in [0.3, 0.4) is 0 Å². The molecular formula is C12H15FO2.